The van der Waals surface area contributed by atoms with Gasteiger partial charge in [0.15, 0.2) is 0 Å². The summed E-state index contributed by atoms with van der Waals surface area (Å²) >= 11 is 0. The number of carbonyl (C=O) groups excluding carboxylic acids is 2. The molecule has 136 valence electrons. The Morgan fingerprint density at radius 3 is 2.72 bits per heavy atom. The van der Waals surface area contributed by atoms with E-state index in [-0.39, 0.29) is 18.0 Å². The fraction of sp³-hybridized carbons (Fsp3) is 0.579. The number of rotatable bonds is 4. The number of benzene rings is 1. The van der Waals surface area contributed by atoms with Gasteiger partial charge in [0, 0.05) is 33.3 Å². The average molecular weight is 345 g/mol. The molecule has 0 spiro atoms. The highest BCUT2D eigenvalue weighted by Gasteiger charge is 2.25. The Morgan fingerprint density at radius 2 is 2.04 bits per heavy atom. The van der Waals surface area contributed by atoms with Gasteiger partial charge in [0.1, 0.15) is 0 Å². The van der Waals surface area contributed by atoms with Crippen molar-refractivity contribution in [3.05, 3.63) is 29.3 Å². The fourth-order valence-corrected chi connectivity index (χ4v) is 3.52. The molecule has 2 heterocycles. The molecule has 3 amide bonds. The topological polar surface area (TPSA) is 61.9 Å². The molecule has 2 saturated heterocycles. The molecule has 2 aliphatic heterocycles. The molecule has 1 unspecified atom stereocenters. The van der Waals surface area contributed by atoms with Gasteiger partial charge in [-0.15, -0.1) is 0 Å². The maximum absolute atomic E-state index is 12.9. The van der Waals surface area contributed by atoms with Crippen LogP contribution in [0.1, 0.15) is 41.6 Å². The normalized spacial score (nSPS) is 19.9. The Labute approximate surface area is 149 Å². The molecule has 1 N–H and O–H groups in total. The molecular weight excluding hydrogens is 318 g/mol. The lowest BCUT2D eigenvalue weighted by atomic mass is 10.1. The van der Waals surface area contributed by atoms with Crippen LogP contribution in [0.2, 0.25) is 0 Å². The van der Waals surface area contributed by atoms with Crippen molar-refractivity contribution in [3.8, 4) is 0 Å². The zero-order valence-corrected chi connectivity index (χ0v) is 15.1. The molecule has 1 aromatic rings. The van der Waals surface area contributed by atoms with E-state index in [2.05, 4.69) is 5.32 Å². The third-order valence-corrected chi connectivity index (χ3v) is 4.97. The van der Waals surface area contributed by atoms with E-state index in [1.807, 2.05) is 24.0 Å². The summed E-state index contributed by atoms with van der Waals surface area (Å²) in [6.45, 7) is 4.83. The molecule has 1 aromatic carbocycles. The summed E-state index contributed by atoms with van der Waals surface area (Å²) in [5, 5.41) is 2.91. The maximum Gasteiger partial charge on any atom is 0.321 e. The Bertz CT molecular complexity index is 635. The first kappa shape index (κ1) is 17.7. The van der Waals surface area contributed by atoms with Crippen molar-refractivity contribution >= 4 is 17.6 Å². The number of hydrogen-bond acceptors (Lipinski definition) is 3. The number of hydrogen-bond donors (Lipinski definition) is 1. The number of nitrogens with one attached hydrogen (secondary N) is 1. The van der Waals surface area contributed by atoms with Crippen molar-refractivity contribution in [2.45, 2.75) is 38.7 Å². The summed E-state index contributed by atoms with van der Waals surface area (Å²) in [7, 11) is 1.76. The van der Waals surface area contributed by atoms with E-state index in [0.29, 0.717) is 17.8 Å². The van der Waals surface area contributed by atoms with Crippen molar-refractivity contribution in [2.24, 2.45) is 0 Å². The Hall–Kier alpha value is -2.08. The molecule has 6 nitrogen and oxygen atoms in total. The summed E-state index contributed by atoms with van der Waals surface area (Å²) in [5.74, 6) is 0.00711. The van der Waals surface area contributed by atoms with E-state index < -0.39 is 0 Å². The minimum atomic E-state index is -0.212. The number of urea groups is 1. The van der Waals surface area contributed by atoms with Gasteiger partial charge >= 0.3 is 6.03 Å². The largest absolute Gasteiger partial charge is 0.376 e. The molecule has 2 aliphatic rings. The van der Waals surface area contributed by atoms with Crippen molar-refractivity contribution in [2.75, 3.05) is 38.6 Å². The Morgan fingerprint density at radius 1 is 1.28 bits per heavy atom. The van der Waals surface area contributed by atoms with Crippen LogP contribution in [0.5, 0.6) is 0 Å². The number of amides is 3. The molecule has 0 radical (unpaired) electrons. The van der Waals surface area contributed by atoms with Gasteiger partial charge in [0.25, 0.3) is 5.91 Å². The van der Waals surface area contributed by atoms with Crippen LogP contribution in [0, 0.1) is 6.92 Å². The van der Waals surface area contributed by atoms with Crippen molar-refractivity contribution in [1.82, 2.24) is 9.80 Å². The quantitative estimate of drug-likeness (QED) is 0.913. The first-order chi connectivity index (χ1) is 12.1. The number of carbonyl (C=O) groups is 2. The zero-order valence-electron chi connectivity index (χ0n) is 15.1. The molecule has 3 rings (SSSR count). The van der Waals surface area contributed by atoms with Crippen molar-refractivity contribution in [3.63, 3.8) is 0 Å². The third kappa shape index (κ3) is 4.12. The van der Waals surface area contributed by atoms with Gasteiger partial charge in [-0.05, 0) is 44.2 Å². The highest BCUT2D eigenvalue weighted by molar-refractivity contribution is 6.04. The Kier molecular flexibility index (Phi) is 5.58. The van der Waals surface area contributed by atoms with Gasteiger partial charge in [-0.25, -0.2) is 4.79 Å². The smallest absolute Gasteiger partial charge is 0.321 e. The van der Waals surface area contributed by atoms with Crippen LogP contribution in [0.25, 0.3) is 0 Å². The van der Waals surface area contributed by atoms with Crippen LogP contribution in [-0.2, 0) is 4.74 Å². The van der Waals surface area contributed by atoms with Gasteiger partial charge in [0.2, 0.25) is 0 Å². The molecule has 0 saturated carbocycles. The maximum atomic E-state index is 12.9. The zero-order chi connectivity index (χ0) is 17.8. The van der Waals surface area contributed by atoms with Gasteiger partial charge in [-0.2, -0.15) is 0 Å². The minimum absolute atomic E-state index is 0.00711. The number of likely N-dealkylation sites (tertiary alicyclic amines) is 1. The minimum Gasteiger partial charge on any atom is -0.376 e. The van der Waals surface area contributed by atoms with E-state index in [4.69, 9.17) is 4.74 Å². The number of likely N-dealkylation sites (N-methyl/N-ethyl adjacent to an activating group) is 1. The standard InChI is InChI=1S/C19H27N3O3/c1-14-7-5-9-16(17(14)18(23)22-10-3-4-11-22)20-19(24)21(2)13-15-8-6-12-25-15/h5,7,9,15H,3-4,6,8,10-13H2,1-2H3,(H,20,24). The van der Waals surface area contributed by atoms with Crippen molar-refractivity contribution in [1.29, 1.82) is 0 Å². The third-order valence-electron chi connectivity index (χ3n) is 4.97. The summed E-state index contributed by atoms with van der Waals surface area (Å²) in [4.78, 5) is 28.9. The van der Waals surface area contributed by atoms with Gasteiger partial charge in [0.05, 0.1) is 17.4 Å². The molecule has 0 aliphatic carbocycles. The van der Waals surface area contributed by atoms with E-state index in [9.17, 15) is 9.59 Å². The lowest BCUT2D eigenvalue weighted by Gasteiger charge is -2.23. The van der Waals surface area contributed by atoms with Crippen LogP contribution in [0.15, 0.2) is 18.2 Å². The molecule has 0 bridgehead atoms. The molecule has 1 atom stereocenters. The number of ether oxygens (including phenoxy) is 1. The predicted molar refractivity (Wildman–Crippen MR) is 96.9 cm³/mol. The highest BCUT2D eigenvalue weighted by Crippen LogP contribution is 2.24. The molecule has 25 heavy (non-hydrogen) atoms. The molecule has 0 aromatic heterocycles. The predicted octanol–water partition coefficient (Wildman–Crippen LogP) is 2.87. The molecular formula is C19H27N3O3. The average Bonchev–Trinajstić information content (AvgIpc) is 3.28. The van der Waals surface area contributed by atoms with E-state index in [1.54, 1.807) is 18.0 Å². The van der Waals surface area contributed by atoms with E-state index >= 15 is 0 Å². The van der Waals surface area contributed by atoms with Crippen LogP contribution in [0.3, 0.4) is 0 Å². The monoisotopic (exact) mass is 345 g/mol. The van der Waals surface area contributed by atoms with Crippen LogP contribution in [0.4, 0.5) is 10.5 Å². The summed E-state index contributed by atoms with van der Waals surface area (Å²) in [5.41, 5.74) is 2.07. The van der Waals surface area contributed by atoms with Gasteiger partial charge in [-0.3, -0.25) is 4.79 Å². The lowest BCUT2D eigenvalue weighted by Crippen LogP contribution is -2.37. The summed E-state index contributed by atoms with van der Waals surface area (Å²) in [6.07, 6.45) is 4.24. The Balaban J connectivity index is 1.71. The van der Waals surface area contributed by atoms with Crippen molar-refractivity contribution < 1.29 is 14.3 Å². The second kappa shape index (κ2) is 7.87. The van der Waals surface area contributed by atoms with Crippen LogP contribution in [-0.4, -0.2) is 61.1 Å². The number of aryl methyl sites for hydroxylation is 1. The fourth-order valence-electron chi connectivity index (χ4n) is 3.52. The summed E-state index contributed by atoms with van der Waals surface area (Å²) in [6, 6.07) is 5.37. The van der Waals surface area contributed by atoms with E-state index in [0.717, 1.165) is 50.9 Å². The first-order valence-corrected chi connectivity index (χ1v) is 9.09. The molecule has 6 heteroatoms. The number of anilines is 1. The first-order valence-electron chi connectivity index (χ1n) is 9.09. The second-order valence-corrected chi connectivity index (χ2v) is 6.94. The molecule has 2 fully saturated rings. The second-order valence-electron chi connectivity index (χ2n) is 6.94. The van der Waals surface area contributed by atoms with Gasteiger partial charge < -0.3 is 19.9 Å². The SMILES string of the molecule is Cc1cccc(NC(=O)N(C)CC2CCCO2)c1C(=O)N1CCCC1. The van der Waals surface area contributed by atoms with Crippen LogP contribution >= 0.6 is 0 Å². The number of nitrogens with zero attached hydrogens (tertiary/aromatic N) is 2. The van der Waals surface area contributed by atoms with E-state index in [1.165, 1.54) is 0 Å². The lowest BCUT2D eigenvalue weighted by molar-refractivity contribution is 0.0793. The van der Waals surface area contributed by atoms with Gasteiger partial charge in [-0.1, -0.05) is 12.1 Å². The highest BCUT2D eigenvalue weighted by atomic mass is 16.5. The van der Waals surface area contributed by atoms with Crippen LogP contribution < -0.4 is 5.32 Å². The summed E-state index contributed by atoms with van der Waals surface area (Å²) < 4.78 is 5.59.